The van der Waals surface area contributed by atoms with Crippen LogP contribution in [-0.4, -0.2) is 69.7 Å². The molecule has 2 N–H and O–H groups in total. The lowest BCUT2D eigenvalue weighted by molar-refractivity contribution is -0.136. The van der Waals surface area contributed by atoms with Crippen LogP contribution in [0.3, 0.4) is 0 Å². The largest absolute Gasteiger partial charge is 0.369 e. The third-order valence-corrected chi connectivity index (χ3v) is 7.22. The molecule has 2 fully saturated rings. The fourth-order valence-corrected chi connectivity index (χ4v) is 5.41. The van der Waals surface area contributed by atoms with E-state index in [2.05, 4.69) is 25.1 Å². The molecule has 0 spiro atoms. The van der Waals surface area contributed by atoms with Crippen molar-refractivity contribution in [2.75, 3.05) is 31.1 Å². The number of carbonyl (C=O) groups is 3. The van der Waals surface area contributed by atoms with Crippen molar-refractivity contribution in [2.45, 2.75) is 32.0 Å². The van der Waals surface area contributed by atoms with Gasteiger partial charge in [-0.05, 0) is 30.7 Å². The third-order valence-electron chi connectivity index (χ3n) is 7.22. The Morgan fingerprint density at radius 2 is 1.94 bits per heavy atom. The zero-order valence-electron chi connectivity index (χ0n) is 19.1. The zero-order chi connectivity index (χ0) is 24.1. The summed E-state index contributed by atoms with van der Waals surface area (Å²) in [5, 5.41) is 2.31. The molecule has 9 nitrogen and oxygen atoms in total. The lowest BCUT2D eigenvalue weighted by Gasteiger charge is -2.37. The van der Waals surface area contributed by atoms with Crippen LogP contribution in [0.15, 0.2) is 36.7 Å². The molecule has 0 aliphatic carbocycles. The van der Waals surface area contributed by atoms with E-state index in [-0.39, 0.29) is 31.2 Å². The molecule has 1 unspecified atom stereocenters. The van der Waals surface area contributed by atoms with Crippen LogP contribution in [-0.2, 0) is 22.7 Å². The maximum atomic E-state index is 14.6. The van der Waals surface area contributed by atoms with Crippen molar-refractivity contribution in [3.8, 4) is 0 Å². The van der Waals surface area contributed by atoms with E-state index >= 15 is 0 Å². The van der Waals surface area contributed by atoms with Gasteiger partial charge in [0, 0.05) is 80.5 Å². The molecule has 2 aromatic heterocycles. The predicted octanol–water partition coefficient (Wildman–Crippen LogP) is 1.79. The van der Waals surface area contributed by atoms with E-state index in [0.29, 0.717) is 24.3 Å². The summed E-state index contributed by atoms with van der Waals surface area (Å²) in [6.07, 6.45) is 4.26. The van der Waals surface area contributed by atoms with Crippen molar-refractivity contribution in [3.05, 3.63) is 59.2 Å². The maximum Gasteiger partial charge on any atom is 0.255 e. The van der Waals surface area contributed by atoms with E-state index < -0.39 is 17.8 Å². The number of nitrogens with one attached hydrogen (secondary N) is 2. The van der Waals surface area contributed by atoms with Gasteiger partial charge in [-0.1, -0.05) is 0 Å². The van der Waals surface area contributed by atoms with Gasteiger partial charge >= 0.3 is 0 Å². The Balaban J connectivity index is 1.18. The lowest BCUT2D eigenvalue weighted by Crippen LogP contribution is -2.52. The number of piperazine rings is 1. The van der Waals surface area contributed by atoms with E-state index in [9.17, 15) is 18.8 Å². The molecule has 10 heteroatoms. The van der Waals surface area contributed by atoms with Gasteiger partial charge in [0.15, 0.2) is 0 Å². The normalized spacial score (nSPS) is 21.1. The van der Waals surface area contributed by atoms with Gasteiger partial charge in [0.2, 0.25) is 11.8 Å². The summed E-state index contributed by atoms with van der Waals surface area (Å²) in [6.45, 7) is 3.97. The summed E-state index contributed by atoms with van der Waals surface area (Å²) >= 11 is 0. The molecule has 2 saturated heterocycles. The average Bonchev–Trinajstić information content (AvgIpc) is 3.40. The summed E-state index contributed by atoms with van der Waals surface area (Å²) in [5.41, 5.74) is 4.89. The number of benzene rings is 1. The minimum Gasteiger partial charge on any atom is -0.369 e. The van der Waals surface area contributed by atoms with Crippen molar-refractivity contribution < 1.29 is 18.8 Å². The first-order valence-electron chi connectivity index (χ1n) is 11.8. The lowest BCUT2D eigenvalue weighted by atomic mass is 10.0. The van der Waals surface area contributed by atoms with Crippen molar-refractivity contribution >= 4 is 34.4 Å². The molecule has 3 aliphatic rings. The fourth-order valence-electron chi connectivity index (χ4n) is 5.41. The number of amides is 3. The Labute approximate surface area is 200 Å². The number of aromatic nitrogens is 2. The fraction of sp³-hybridized carbons (Fsp3) is 0.360. The smallest absolute Gasteiger partial charge is 0.255 e. The number of fused-ring (bicyclic) bond motifs is 2. The molecule has 1 atom stereocenters. The highest BCUT2D eigenvalue weighted by Gasteiger charge is 2.41. The number of hydrogen-bond acceptors (Lipinski definition) is 6. The molecular weight excluding hydrogens is 451 g/mol. The van der Waals surface area contributed by atoms with Crippen molar-refractivity contribution in [1.29, 1.82) is 0 Å². The van der Waals surface area contributed by atoms with Crippen LogP contribution < -0.4 is 10.2 Å². The second kappa shape index (κ2) is 8.46. The molecule has 0 saturated carbocycles. The summed E-state index contributed by atoms with van der Waals surface area (Å²) in [7, 11) is 0. The SMILES string of the molecule is O=C1CCC(N2Cc3c(cc(F)cc3N3CCN(Cc4c[nH]c5cccnc45)CC3)C2=O)C(=O)N1. The first-order valence-corrected chi connectivity index (χ1v) is 11.8. The van der Waals surface area contributed by atoms with Crippen molar-refractivity contribution in [2.24, 2.45) is 0 Å². The molecule has 3 amide bonds. The van der Waals surface area contributed by atoms with Gasteiger partial charge in [-0.15, -0.1) is 0 Å². The van der Waals surface area contributed by atoms with E-state index in [1.807, 2.05) is 18.3 Å². The van der Waals surface area contributed by atoms with Gasteiger partial charge < -0.3 is 14.8 Å². The molecule has 1 aromatic carbocycles. The number of piperidine rings is 1. The van der Waals surface area contributed by atoms with E-state index in [1.54, 1.807) is 6.20 Å². The minimum atomic E-state index is -0.717. The van der Waals surface area contributed by atoms with Gasteiger partial charge in [0.05, 0.1) is 11.0 Å². The number of anilines is 1. The topological polar surface area (TPSA) is 102 Å². The summed E-state index contributed by atoms with van der Waals surface area (Å²) < 4.78 is 14.6. The van der Waals surface area contributed by atoms with Crippen LogP contribution in [0.5, 0.6) is 0 Å². The Kier molecular flexibility index (Phi) is 5.25. The van der Waals surface area contributed by atoms with E-state index in [1.165, 1.54) is 17.0 Å². The minimum absolute atomic E-state index is 0.186. The predicted molar refractivity (Wildman–Crippen MR) is 126 cm³/mol. The first kappa shape index (κ1) is 21.7. The highest BCUT2D eigenvalue weighted by Crippen LogP contribution is 2.35. The highest BCUT2D eigenvalue weighted by atomic mass is 19.1. The van der Waals surface area contributed by atoms with Crippen LogP contribution in [0.4, 0.5) is 10.1 Å². The molecule has 6 rings (SSSR count). The van der Waals surface area contributed by atoms with Crippen LogP contribution in [0.1, 0.15) is 34.3 Å². The first-order chi connectivity index (χ1) is 17.0. The number of aromatic amines is 1. The molecule has 180 valence electrons. The average molecular weight is 477 g/mol. The Morgan fingerprint density at radius 3 is 2.74 bits per heavy atom. The Morgan fingerprint density at radius 1 is 1.11 bits per heavy atom. The van der Waals surface area contributed by atoms with Crippen LogP contribution in [0.2, 0.25) is 0 Å². The summed E-state index contributed by atoms with van der Waals surface area (Å²) in [4.78, 5) is 50.7. The molecule has 0 radical (unpaired) electrons. The number of imide groups is 1. The number of pyridine rings is 1. The van der Waals surface area contributed by atoms with Crippen molar-refractivity contribution in [1.82, 2.24) is 25.1 Å². The molecular formula is C25H25FN6O3. The zero-order valence-corrected chi connectivity index (χ0v) is 19.1. The maximum absolute atomic E-state index is 14.6. The summed E-state index contributed by atoms with van der Waals surface area (Å²) in [5.74, 6) is -1.63. The van der Waals surface area contributed by atoms with Crippen molar-refractivity contribution in [3.63, 3.8) is 0 Å². The van der Waals surface area contributed by atoms with Gasteiger partial charge in [-0.25, -0.2) is 4.39 Å². The number of rotatable bonds is 4. The Hall–Kier alpha value is -3.79. The second-order valence-electron chi connectivity index (χ2n) is 9.33. The number of H-pyrrole nitrogens is 1. The van der Waals surface area contributed by atoms with Crippen LogP contribution in [0.25, 0.3) is 11.0 Å². The standard InChI is InChI=1S/C25H25FN6O3/c26-16-10-17-18(14-32(25(17)35)20-3-4-22(33)29-24(20)34)21(11-16)31-8-6-30(7-9-31)13-15-12-28-19-2-1-5-27-23(15)19/h1-2,5,10-12,20,28H,3-4,6-9,13-14H2,(H,29,33,34). The molecule has 5 heterocycles. The number of carbonyl (C=O) groups excluding carboxylic acids is 3. The molecule has 3 aliphatic heterocycles. The molecule has 35 heavy (non-hydrogen) atoms. The number of halogens is 1. The molecule has 3 aromatic rings. The van der Waals surface area contributed by atoms with Gasteiger partial charge in [-0.2, -0.15) is 0 Å². The summed E-state index contributed by atoms with van der Waals surface area (Å²) in [6, 6.07) is 5.94. The second-order valence-corrected chi connectivity index (χ2v) is 9.33. The molecule has 0 bridgehead atoms. The van der Waals surface area contributed by atoms with E-state index in [0.717, 1.165) is 41.8 Å². The third kappa shape index (κ3) is 3.83. The highest BCUT2D eigenvalue weighted by molar-refractivity contribution is 6.06. The van der Waals surface area contributed by atoms with Gasteiger partial charge in [-0.3, -0.25) is 29.6 Å². The van der Waals surface area contributed by atoms with Crippen LogP contribution >= 0.6 is 0 Å². The quantitative estimate of drug-likeness (QED) is 0.557. The van der Waals surface area contributed by atoms with Gasteiger partial charge in [0.1, 0.15) is 11.9 Å². The Bertz CT molecular complexity index is 1350. The van der Waals surface area contributed by atoms with Crippen LogP contribution in [0, 0.1) is 5.82 Å². The number of nitrogens with zero attached hydrogens (tertiary/aromatic N) is 4. The number of hydrogen-bond donors (Lipinski definition) is 2. The van der Waals surface area contributed by atoms with E-state index in [4.69, 9.17) is 0 Å². The monoisotopic (exact) mass is 476 g/mol. The van der Waals surface area contributed by atoms with Gasteiger partial charge in [0.25, 0.3) is 5.91 Å².